The van der Waals surface area contributed by atoms with Crippen LogP contribution in [0.15, 0.2) is 30.3 Å². The quantitative estimate of drug-likeness (QED) is 0.557. The molecule has 1 aromatic carbocycles. The average Bonchev–Trinajstić information content (AvgIpc) is 2.90. The number of hydrogen-bond donors (Lipinski definition) is 1. The molecule has 136 valence electrons. The lowest BCUT2D eigenvalue weighted by atomic mass is 9.95. The molecule has 2 aromatic rings. The van der Waals surface area contributed by atoms with E-state index < -0.39 is 4.92 Å². The number of benzene rings is 1. The average molecular weight is 346 g/mol. The summed E-state index contributed by atoms with van der Waals surface area (Å²) in [6.45, 7) is 7.83. The fourth-order valence-corrected chi connectivity index (χ4v) is 2.59. The molecule has 0 bridgehead atoms. The topological polar surface area (TPSA) is 82.2 Å². The highest BCUT2D eigenvalue weighted by Crippen LogP contribution is 2.31. The number of nitrogens with one attached hydrogen (secondary N) is 1. The highest BCUT2D eigenvalue weighted by molar-refractivity contribution is 5.46. The Hall–Kier alpha value is -2.41. The van der Waals surface area contributed by atoms with Crippen molar-refractivity contribution in [3.8, 4) is 5.88 Å². The van der Waals surface area contributed by atoms with Crippen LogP contribution in [0.3, 0.4) is 0 Å². The molecule has 1 heterocycles. The molecule has 0 aliphatic carbocycles. The van der Waals surface area contributed by atoms with E-state index in [1.807, 2.05) is 25.1 Å². The van der Waals surface area contributed by atoms with Gasteiger partial charge in [-0.25, -0.2) is 4.68 Å². The molecule has 25 heavy (non-hydrogen) atoms. The second kappa shape index (κ2) is 8.11. The van der Waals surface area contributed by atoms with Gasteiger partial charge in [-0.3, -0.25) is 10.1 Å². The smallest absolute Gasteiger partial charge is 0.353 e. The van der Waals surface area contributed by atoms with Crippen molar-refractivity contribution in [2.24, 2.45) is 12.5 Å². The van der Waals surface area contributed by atoms with Crippen molar-refractivity contribution in [3.05, 3.63) is 51.7 Å². The summed E-state index contributed by atoms with van der Waals surface area (Å²) in [6.07, 6.45) is 0.496. The Labute approximate surface area is 148 Å². The first-order chi connectivity index (χ1) is 11.8. The van der Waals surface area contributed by atoms with Crippen LogP contribution in [0.4, 0.5) is 5.69 Å². The standard InChI is InChI=1S/C18H26N4O3/c1-5-15-16(22(23)24)17(21(4)20-15)25-13-18(2,3)12-19-11-14-9-7-6-8-10-14/h6-10,19H,5,11-13H2,1-4H3. The van der Waals surface area contributed by atoms with E-state index in [0.29, 0.717) is 18.7 Å². The highest BCUT2D eigenvalue weighted by atomic mass is 16.6. The molecule has 0 radical (unpaired) electrons. The summed E-state index contributed by atoms with van der Waals surface area (Å²) in [5, 5.41) is 18.9. The Bertz CT molecular complexity index is 711. The molecule has 7 nitrogen and oxygen atoms in total. The van der Waals surface area contributed by atoms with Crippen molar-refractivity contribution >= 4 is 5.69 Å². The molecule has 0 atom stereocenters. The van der Waals surface area contributed by atoms with Crippen LogP contribution in [0.5, 0.6) is 5.88 Å². The van der Waals surface area contributed by atoms with Gasteiger partial charge in [0.2, 0.25) is 0 Å². The first-order valence-corrected chi connectivity index (χ1v) is 8.42. The Morgan fingerprint density at radius 2 is 2.00 bits per heavy atom. The molecular formula is C18H26N4O3. The van der Waals surface area contributed by atoms with E-state index >= 15 is 0 Å². The fraction of sp³-hybridized carbons (Fsp3) is 0.500. The first kappa shape index (κ1) is 18.9. The summed E-state index contributed by atoms with van der Waals surface area (Å²) in [4.78, 5) is 10.9. The summed E-state index contributed by atoms with van der Waals surface area (Å²) in [5.41, 5.74) is 1.45. The summed E-state index contributed by atoms with van der Waals surface area (Å²) in [7, 11) is 1.67. The van der Waals surface area contributed by atoms with Crippen LogP contribution < -0.4 is 10.1 Å². The van der Waals surface area contributed by atoms with E-state index in [0.717, 1.165) is 13.1 Å². The maximum absolute atomic E-state index is 11.3. The summed E-state index contributed by atoms with van der Waals surface area (Å²) in [5.74, 6) is 0.220. The van der Waals surface area contributed by atoms with Crippen LogP contribution in [0.2, 0.25) is 0 Å². The SMILES string of the molecule is CCc1nn(C)c(OCC(C)(C)CNCc2ccccc2)c1[N+](=O)[O-]. The van der Waals surface area contributed by atoms with Gasteiger partial charge in [0.05, 0.1) is 11.5 Å². The number of rotatable bonds is 9. The third-order valence-corrected chi connectivity index (χ3v) is 3.93. The summed E-state index contributed by atoms with van der Waals surface area (Å²) in [6, 6.07) is 10.2. The van der Waals surface area contributed by atoms with Gasteiger partial charge < -0.3 is 10.1 Å². The number of nitrogens with zero attached hydrogens (tertiary/aromatic N) is 3. The summed E-state index contributed by atoms with van der Waals surface area (Å²) >= 11 is 0. The number of aryl methyl sites for hydroxylation is 2. The van der Waals surface area contributed by atoms with E-state index in [2.05, 4.69) is 36.4 Å². The number of ether oxygens (including phenoxy) is 1. The van der Waals surface area contributed by atoms with Crippen LogP contribution in [-0.2, 0) is 20.0 Å². The highest BCUT2D eigenvalue weighted by Gasteiger charge is 2.29. The van der Waals surface area contributed by atoms with Crippen LogP contribution in [0, 0.1) is 15.5 Å². The molecule has 0 fully saturated rings. The predicted molar refractivity (Wildman–Crippen MR) is 96.7 cm³/mol. The lowest BCUT2D eigenvalue weighted by Crippen LogP contribution is -2.34. The van der Waals surface area contributed by atoms with Gasteiger partial charge in [0.25, 0.3) is 5.88 Å². The van der Waals surface area contributed by atoms with Crippen LogP contribution in [-0.4, -0.2) is 27.9 Å². The third-order valence-electron chi connectivity index (χ3n) is 3.93. The second-order valence-corrected chi connectivity index (χ2v) is 6.88. The Morgan fingerprint density at radius 1 is 1.32 bits per heavy atom. The maximum atomic E-state index is 11.3. The minimum absolute atomic E-state index is 0.0296. The predicted octanol–water partition coefficient (Wildman–Crippen LogP) is 3.09. The van der Waals surface area contributed by atoms with E-state index in [9.17, 15) is 10.1 Å². The Balaban J connectivity index is 1.95. The first-order valence-electron chi connectivity index (χ1n) is 8.42. The Kier molecular flexibility index (Phi) is 6.14. The molecule has 0 aliphatic heterocycles. The lowest BCUT2D eigenvalue weighted by Gasteiger charge is -2.25. The van der Waals surface area contributed by atoms with Crippen molar-refractivity contribution in [1.29, 1.82) is 0 Å². The molecule has 0 saturated carbocycles. The van der Waals surface area contributed by atoms with Gasteiger partial charge in [-0.2, -0.15) is 5.10 Å². The van der Waals surface area contributed by atoms with E-state index in [1.165, 1.54) is 10.2 Å². The van der Waals surface area contributed by atoms with Crippen LogP contribution in [0.1, 0.15) is 32.0 Å². The van der Waals surface area contributed by atoms with E-state index in [1.54, 1.807) is 7.05 Å². The van der Waals surface area contributed by atoms with Crippen molar-refractivity contribution in [1.82, 2.24) is 15.1 Å². The molecule has 2 rings (SSSR count). The van der Waals surface area contributed by atoms with Gasteiger partial charge in [0.15, 0.2) is 0 Å². The molecule has 7 heteroatoms. The molecule has 1 N–H and O–H groups in total. The van der Waals surface area contributed by atoms with E-state index in [4.69, 9.17) is 4.74 Å². The van der Waals surface area contributed by atoms with Gasteiger partial charge in [-0.15, -0.1) is 0 Å². The monoisotopic (exact) mass is 346 g/mol. The molecule has 0 aliphatic rings. The normalized spacial score (nSPS) is 11.5. The number of aromatic nitrogens is 2. The van der Waals surface area contributed by atoms with Crippen molar-refractivity contribution in [2.75, 3.05) is 13.2 Å². The minimum atomic E-state index is -0.415. The van der Waals surface area contributed by atoms with Gasteiger partial charge in [0, 0.05) is 25.6 Å². The van der Waals surface area contributed by atoms with Gasteiger partial charge in [0.1, 0.15) is 5.69 Å². The van der Waals surface area contributed by atoms with Crippen molar-refractivity contribution < 1.29 is 9.66 Å². The lowest BCUT2D eigenvalue weighted by molar-refractivity contribution is -0.386. The molecule has 0 saturated heterocycles. The van der Waals surface area contributed by atoms with Crippen molar-refractivity contribution in [3.63, 3.8) is 0 Å². The van der Waals surface area contributed by atoms with Crippen LogP contribution >= 0.6 is 0 Å². The molecule has 1 aromatic heterocycles. The zero-order valence-electron chi connectivity index (χ0n) is 15.3. The summed E-state index contributed by atoms with van der Waals surface area (Å²) < 4.78 is 7.25. The van der Waals surface area contributed by atoms with Crippen LogP contribution in [0.25, 0.3) is 0 Å². The van der Waals surface area contributed by atoms with E-state index in [-0.39, 0.29) is 17.0 Å². The van der Waals surface area contributed by atoms with Crippen molar-refractivity contribution in [2.45, 2.75) is 33.7 Å². The Morgan fingerprint density at radius 3 is 2.60 bits per heavy atom. The molecule has 0 spiro atoms. The van der Waals surface area contributed by atoms with Gasteiger partial charge in [-0.1, -0.05) is 51.1 Å². The number of hydrogen-bond acceptors (Lipinski definition) is 5. The zero-order chi connectivity index (χ0) is 18.4. The van der Waals surface area contributed by atoms with Gasteiger partial charge in [-0.05, 0) is 12.0 Å². The largest absolute Gasteiger partial charge is 0.472 e. The number of nitro groups is 1. The second-order valence-electron chi connectivity index (χ2n) is 6.88. The fourth-order valence-electron chi connectivity index (χ4n) is 2.59. The minimum Gasteiger partial charge on any atom is -0.472 e. The third kappa shape index (κ3) is 5.03. The maximum Gasteiger partial charge on any atom is 0.353 e. The molecular weight excluding hydrogens is 320 g/mol. The molecule has 0 amide bonds. The zero-order valence-corrected chi connectivity index (χ0v) is 15.3. The molecule has 0 unspecified atom stereocenters. The van der Waals surface area contributed by atoms with Gasteiger partial charge >= 0.3 is 5.69 Å².